The van der Waals surface area contributed by atoms with E-state index in [1.165, 1.54) is 6.42 Å². The molecule has 0 spiro atoms. The van der Waals surface area contributed by atoms with Gasteiger partial charge in [-0.3, -0.25) is 14.5 Å². The van der Waals surface area contributed by atoms with Gasteiger partial charge in [0.1, 0.15) is 17.9 Å². The lowest BCUT2D eigenvalue weighted by Crippen LogP contribution is -2.51. The molecule has 0 aromatic heterocycles. The first-order valence-corrected chi connectivity index (χ1v) is 12.8. The largest absolute Gasteiger partial charge is 0.489 e. The second-order valence-corrected chi connectivity index (χ2v) is 10.5. The van der Waals surface area contributed by atoms with Gasteiger partial charge in [0.15, 0.2) is 0 Å². The van der Waals surface area contributed by atoms with E-state index in [2.05, 4.69) is 30.6 Å². The van der Waals surface area contributed by atoms with Crippen molar-refractivity contribution in [2.24, 2.45) is 0 Å². The van der Waals surface area contributed by atoms with Crippen molar-refractivity contribution in [2.45, 2.75) is 89.1 Å². The molecule has 3 fully saturated rings. The average molecular weight is 468 g/mol. The van der Waals surface area contributed by atoms with E-state index < -0.39 is 6.04 Å². The number of likely N-dealkylation sites (tertiary alicyclic amines) is 1. The van der Waals surface area contributed by atoms with Crippen LogP contribution in [0.5, 0.6) is 5.75 Å². The van der Waals surface area contributed by atoms with E-state index in [9.17, 15) is 9.59 Å². The molecular formula is C27H37N3O4. The summed E-state index contributed by atoms with van der Waals surface area (Å²) in [6, 6.07) is 5.78. The Bertz CT molecular complexity index is 969. The molecule has 1 N–H and O–H groups in total. The lowest BCUT2D eigenvalue weighted by atomic mass is 9.92. The number of ether oxygens (including phenoxy) is 2. The fourth-order valence-corrected chi connectivity index (χ4v) is 6.16. The molecule has 7 heteroatoms. The van der Waals surface area contributed by atoms with Crippen molar-refractivity contribution in [3.8, 4) is 5.75 Å². The van der Waals surface area contributed by atoms with Crippen LogP contribution in [0.2, 0.25) is 0 Å². The molecule has 184 valence electrons. The van der Waals surface area contributed by atoms with Gasteiger partial charge in [-0.2, -0.15) is 0 Å². The van der Waals surface area contributed by atoms with Gasteiger partial charge in [-0.05, 0) is 82.6 Å². The first-order valence-electron chi connectivity index (χ1n) is 12.8. The van der Waals surface area contributed by atoms with Gasteiger partial charge in [-0.1, -0.05) is 6.58 Å². The third kappa shape index (κ3) is 4.48. The maximum Gasteiger partial charge on any atom is 0.255 e. The summed E-state index contributed by atoms with van der Waals surface area (Å²) in [6.45, 7) is 11.5. The number of carbonyl (C=O) groups excluding carboxylic acids is 2. The molecule has 1 aromatic rings. The molecule has 3 heterocycles. The van der Waals surface area contributed by atoms with Gasteiger partial charge in [0.05, 0.1) is 5.60 Å². The maximum atomic E-state index is 13.0. The first-order chi connectivity index (χ1) is 16.4. The van der Waals surface area contributed by atoms with Crippen LogP contribution in [0.25, 0.3) is 0 Å². The van der Waals surface area contributed by atoms with E-state index >= 15 is 0 Å². The SMILES string of the molecule is C=C1CCC(N2Cc3cc(O[C@@H]4CCC[C@@H]4N4CCC(C)(OCC)CC4)ccc3C2=O)C(=O)N1. The Labute approximate surface area is 202 Å². The first kappa shape index (κ1) is 23.4. The Morgan fingerprint density at radius 1 is 1.18 bits per heavy atom. The molecule has 1 saturated carbocycles. The van der Waals surface area contributed by atoms with Crippen LogP contribution >= 0.6 is 0 Å². The molecular weight excluding hydrogens is 430 g/mol. The molecule has 0 bridgehead atoms. The second-order valence-electron chi connectivity index (χ2n) is 10.5. The summed E-state index contributed by atoms with van der Waals surface area (Å²) < 4.78 is 12.5. The maximum absolute atomic E-state index is 13.0. The second kappa shape index (κ2) is 9.34. The minimum absolute atomic E-state index is 0.00107. The van der Waals surface area contributed by atoms with Crippen molar-refractivity contribution in [3.05, 3.63) is 41.6 Å². The number of piperidine rings is 2. The molecule has 7 nitrogen and oxygen atoms in total. The highest BCUT2D eigenvalue weighted by Gasteiger charge is 2.40. The number of allylic oxidation sites excluding steroid dienone is 1. The molecule has 2 amide bonds. The number of rotatable bonds is 6. The Balaban J connectivity index is 1.23. The number of fused-ring (bicyclic) bond motifs is 1. The van der Waals surface area contributed by atoms with Gasteiger partial charge in [0, 0.05) is 43.5 Å². The minimum atomic E-state index is -0.435. The minimum Gasteiger partial charge on any atom is -0.489 e. The zero-order valence-corrected chi connectivity index (χ0v) is 20.5. The predicted octanol–water partition coefficient (Wildman–Crippen LogP) is 3.63. The van der Waals surface area contributed by atoms with Crippen LogP contribution in [-0.4, -0.2) is 65.1 Å². The molecule has 5 rings (SSSR count). The van der Waals surface area contributed by atoms with Crippen molar-refractivity contribution in [2.75, 3.05) is 19.7 Å². The smallest absolute Gasteiger partial charge is 0.255 e. The van der Waals surface area contributed by atoms with Crippen LogP contribution in [0.4, 0.5) is 0 Å². The molecule has 4 aliphatic rings. The van der Waals surface area contributed by atoms with Gasteiger partial charge in [-0.25, -0.2) is 0 Å². The van der Waals surface area contributed by atoms with Crippen LogP contribution in [0.15, 0.2) is 30.5 Å². The van der Waals surface area contributed by atoms with E-state index in [4.69, 9.17) is 9.47 Å². The zero-order chi connectivity index (χ0) is 23.9. The molecule has 2 saturated heterocycles. The van der Waals surface area contributed by atoms with E-state index in [1.807, 2.05) is 18.2 Å². The number of nitrogens with zero attached hydrogens (tertiary/aromatic N) is 2. The van der Waals surface area contributed by atoms with E-state index in [1.54, 1.807) is 4.90 Å². The van der Waals surface area contributed by atoms with E-state index in [0.29, 0.717) is 31.0 Å². The molecule has 0 radical (unpaired) electrons. The van der Waals surface area contributed by atoms with Crippen LogP contribution in [-0.2, 0) is 16.1 Å². The number of amides is 2. The standard InChI is InChI=1S/C27H37N3O4/c1-4-33-27(3)12-14-29(15-13-27)22-6-5-7-24(22)34-20-9-10-21-19(16-20)17-30(26(21)32)23-11-8-18(2)28-25(23)31/h9-10,16,22-24H,2,4-8,11-15,17H2,1,3H3,(H,28,31)/t22-,23?,24+/m0/s1. The highest BCUT2D eigenvalue weighted by Crippen LogP contribution is 2.35. The molecule has 1 unspecified atom stereocenters. The quantitative estimate of drug-likeness (QED) is 0.692. The summed E-state index contributed by atoms with van der Waals surface area (Å²) in [5, 5.41) is 2.80. The van der Waals surface area contributed by atoms with Crippen LogP contribution in [0.3, 0.4) is 0 Å². The molecule has 1 aromatic carbocycles. The fourth-order valence-electron chi connectivity index (χ4n) is 6.16. The number of benzene rings is 1. The van der Waals surface area contributed by atoms with Crippen molar-refractivity contribution < 1.29 is 19.1 Å². The average Bonchev–Trinajstić information content (AvgIpc) is 3.39. The Hall–Kier alpha value is -2.38. The summed E-state index contributed by atoms with van der Waals surface area (Å²) in [6.07, 6.45) is 7.00. The number of carbonyl (C=O) groups is 2. The van der Waals surface area contributed by atoms with Crippen molar-refractivity contribution in [3.63, 3.8) is 0 Å². The van der Waals surface area contributed by atoms with Gasteiger partial charge in [0.25, 0.3) is 5.91 Å². The monoisotopic (exact) mass is 467 g/mol. The summed E-state index contributed by atoms with van der Waals surface area (Å²) in [5.41, 5.74) is 2.35. The number of hydrogen-bond donors (Lipinski definition) is 1. The third-order valence-electron chi connectivity index (χ3n) is 8.13. The van der Waals surface area contributed by atoms with Gasteiger partial charge < -0.3 is 19.7 Å². The summed E-state index contributed by atoms with van der Waals surface area (Å²) in [7, 11) is 0. The van der Waals surface area contributed by atoms with Crippen molar-refractivity contribution >= 4 is 11.8 Å². The fraction of sp³-hybridized carbons (Fsp3) is 0.630. The highest BCUT2D eigenvalue weighted by atomic mass is 16.5. The summed E-state index contributed by atoms with van der Waals surface area (Å²) >= 11 is 0. The highest BCUT2D eigenvalue weighted by molar-refractivity contribution is 6.01. The van der Waals surface area contributed by atoms with Crippen LogP contribution in [0, 0.1) is 0 Å². The Morgan fingerprint density at radius 3 is 2.71 bits per heavy atom. The lowest BCUT2D eigenvalue weighted by molar-refractivity contribution is -0.126. The van der Waals surface area contributed by atoms with Crippen molar-refractivity contribution in [1.82, 2.24) is 15.1 Å². The molecule has 3 atom stereocenters. The van der Waals surface area contributed by atoms with Crippen molar-refractivity contribution in [1.29, 1.82) is 0 Å². The van der Waals surface area contributed by atoms with Crippen LogP contribution in [0.1, 0.15) is 74.7 Å². The summed E-state index contributed by atoms with van der Waals surface area (Å²) in [4.78, 5) is 29.7. The van der Waals surface area contributed by atoms with Gasteiger partial charge >= 0.3 is 0 Å². The van der Waals surface area contributed by atoms with E-state index in [-0.39, 0.29) is 23.5 Å². The Kier molecular flexibility index (Phi) is 6.42. The molecule has 1 aliphatic carbocycles. The number of nitrogens with one attached hydrogen (secondary N) is 1. The zero-order valence-electron chi connectivity index (χ0n) is 20.5. The molecule has 34 heavy (non-hydrogen) atoms. The van der Waals surface area contributed by atoms with E-state index in [0.717, 1.165) is 62.4 Å². The topological polar surface area (TPSA) is 71.1 Å². The van der Waals surface area contributed by atoms with Crippen LogP contribution < -0.4 is 10.1 Å². The van der Waals surface area contributed by atoms with Gasteiger partial charge in [-0.15, -0.1) is 0 Å². The molecule has 3 aliphatic heterocycles. The number of hydrogen-bond acceptors (Lipinski definition) is 5. The summed E-state index contributed by atoms with van der Waals surface area (Å²) in [5.74, 6) is 0.617. The predicted molar refractivity (Wildman–Crippen MR) is 130 cm³/mol. The Morgan fingerprint density at radius 2 is 1.97 bits per heavy atom. The lowest BCUT2D eigenvalue weighted by Gasteiger charge is -2.42. The third-order valence-corrected chi connectivity index (χ3v) is 8.13. The van der Waals surface area contributed by atoms with Gasteiger partial charge in [0.2, 0.25) is 5.91 Å². The normalized spacial score (nSPS) is 29.3.